The van der Waals surface area contributed by atoms with Gasteiger partial charge in [0.25, 0.3) is 0 Å². The Balaban J connectivity index is 1.12. The first-order valence-corrected chi connectivity index (χ1v) is 11.9. The summed E-state index contributed by atoms with van der Waals surface area (Å²) in [5.41, 5.74) is 7.26. The zero-order chi connectivity index (χ0) is 22.6. The van der Waals surface area contributed by atoms with E-state index in [1.807, 2.05) is 27.8 Å². The Morgan fingerprint density at radius 1 is 0.971 bits per heavy atom. The fourth-order valence-electron chi connectivity index (χ4n) is 6.04. The first-order valence-electron chi connectivity index (χ1n) is 11.9. The van der Waals surface area contributed by atoms with E-state index in [1.165, 1.54) is 27.8 Å². The highest BCUT2D eigenvalue weighted by molar-refractivity contribution is 5.79. The van der Waals surface area contributed by atoms with Gasteiger partial charge in [0.05, 0.1) is 17.9 Å². The van der Waals surface area contributed by atoms with E-state index in [1.54, 1.807) is 6.20 Å². The van der Waals surface area contributed by atoms with Crippen LogP contribution >= 0.6 is 0 Å². The minimum atomic E-state index is -0.204. The molecule has 6 heteroatoms. The average molecular weight is 449 g/mol. The van der Waals surface area contributed by atoms with Crippen molar-refractivity contribution in [2.75, 3.05) is 6.61 Å². The van der Waals surface area contributed by atoms with Crippen LogP contribution in [-0.4, -0.2) is 44.1 Å². The van der Waals surface area contributed by atoms with Gasteiger partial charge >= 0.3 is 6.09 Å². The molecule has 168 valence electrons. The number of imidazole rings is 1. The summed E-state index contributed by atoms with van der Waals surface area (Å²) in [5.74, 6) is 0.778. The van der Waals surface area contributed by atoms with Crippen LogP contribution in [-0.2, 0) is 4.74 Å². The highest BCUT2D eigenvalue weighted by atomic mass is 16.6. The van der Waals surface area contributed by atoms with Crippen LogP contribution in [0.3, 0.4) is 0 Å². The Morgan fingerprint density at radius 3 is 2.50 bits per heavy atom. The predicted molar refractivity (Wildman–Crippen MR) is 129 cm³/mol. The molecule has 3 aliphatic rings. The SMILES string of the molecule is O=C(OCC1c2ccccc2-c2ccccc21)N1C2C=C(c3cnc4ncccn34)CC1CC2. The summed E-state index contributed by atoms with van der Waals surface area (Å²) in [6.07, 6.45) is 10.4. The topological polar surface area (TPSA) is 59.7 Å². The molecule has 1 saturated heterocycles. The summed E-state index contributed by atoms with van der Waals surface area (Å²) in [5, 5.41) is 0. The molecule has 4 aromatic rings. The van der Waals surface area contributed by atoms with Crippen LogP contribution in [0.25, 0.3) is 22.5 Å². The lowest BCUT2D eigenvalue weighted by Gasteiger charge is -2.33. The summed E-state index contributed by atoms with van der Waals surface area (Å²) in [6, 6.07) is 19.0. The van der Waals surface area contributed by atoms with Crippen molar-refractivity contribution in [1.29, 1.82) is 0 Å². The van der Waals surface area contributed by atoms with Crippen molar-refractivity contribution in [3.8, 4) is 11.1 Å². The molecule has 0 N–H and O–H groups in total. The molecule has 2 unspecified atom stereocenters. The van der Waals surface area contributed by atoms with E-state index >= 15 is 0 Å². The number of carbonyl (C=O) groups excluding carboxylic acids is 1. The molecular formula is C28H24N4O2. The monoisotopic (exact) mass is 448 g/mol. The quantitative estimate of drug-likeness (QED) is 0.427. The highest BCUT2D eigenvalue weighted by Gasteiger charge is 2.41. The molecule has 1 aliphatic carbocycles. The molecule has 2 aliphatic heterocycles. The lowest BCUT2D eigenvalue weighted by molar-refractivity contribution is 0.0866. The maximum absolute atomic E-state index is 13.3. The molecule has 34 heavy (non-hydrogen) atoms. The summed E-state index contributed by atoms with van der Waals surface area (Å²) < 4.78 is 8.01. The molecule has 6 nitrogen and oxygen atoms in total. The lowest BCUT2D eigenvalue weighted by atomic mass is 9.98. The zero-order valence-electron chi connectivity index (χ0n) is 18.7. The largest absolute Gasteiger partial charge is 0.448 e. The van der Waals surface area contributed by atoms with E-state index < -0.39 is 0 Å². The highest BCUT2D eigenvalue weighted by Crippen LogP contribution is 2.45. The van der Waals surface area contributed by atoms with Gasteiger partial charge < -0.3 is 4.74 Å². The second kappa shape index (κ2) is 7.55. The van der Waals surface area contributed by atoms with Gasteiger partial charge in [-0.1, -0.05) is 54.6 Å². The normalized spacial score (nSPS) is 20.8. The number of benzene rings is 2. The molecule has 4 heterocycles. The number of rotatable bonds is 3. The third-order valence-corrected chi connectivity index (χ3v) is 7.56. The van der Waals surface area contributed by atoms with Crippen molar-refractivity contribution in [3.05, 3.63) is 96.1 Å². The van der Waals surface area contributed by atoms with Gasteiger partial charge in [-0.05, 0) is 53.2 Å². The number of ether oxygens (including phenoxy) is 1. The molecule has 1 fully saturated rings. The van der Waals surface area contributed by atoms with Crippen LogP contribution < -0.4 is 0 Å². The van der Waals surface area contributed by atoms with Crippen LogP contribution in [0, 0.1) is 0 Å². The van der Waals surface area contributed by atoms with Crippen molar-refractivity contribution in [2.45, 2.75) is 37.3 Å². The molecule has 2 aromatic heterocycles. The van der Waals surface area contributed by atoms with Crippen molar-refractivity contribution in [3.63, 3.8) is 0 Å². The van der Waals surface area contributed by atoms with E-state index in [9.17, 15) is 4.79 Å². The molecular weight excluding hydrogens is 424 g/mol. The summed E-state index contributed by atoms with van der Waals surface area (Å²) in [4.78, 5) is 24.0. The van der Waals surface area contributed by atoms with Crippen LogP contribution in [0.4, 0.5) is 4.79 Å². The van der Waals surface area contributed by atoms with Crippen LogP contribution in [0.2, 0.25) is 0 Å². The third-order valence-electron chi connectivity index (χ3n) is 7.56. The molecule has 2 bridgehead atoms. The average Bonchev–Trinajstić information content (AvgIpc) is 3.53. The van der Waals surface area contributed by atoms with Gasteiger partial charge in [-0.25, -0.2) is 14.8 Å². The number of carbonyl (C=O) groups is 1. The number of hydrogen-bond donors (Lipinski definition) is 0. The number of amides is 1. The van der Waals surface area contributed by atoms with Crippen molar-refractivity contribution in [1.82, 2.24) is 19.3 Å². The first-order chi connectivity index (χ1) is 16.8. The maximum Gasteiger partial charge on any atom is 0.410 e. The van der Waals surface area contributed by atoms with Gasteiger partial charge in [-0.2, -0.15) is 0 Å². The van der Waals surface area contributed by atoms with Crippen molar-refractivity contribution in [2.24, 2.45) is 0 Å². The van der Waals surface area contributed by atoms with Crippen molar-refractivity contribution < 1.29 is 9.53 Å². The van der Waals surface area contributed by atoms with E-state index in [0.717, 1.165) is 25.0 Å². The lowest BCUT2D eigenvalue weighted by Crippen LogP contribution is -2.43. The van der Waals surface area contributed by atoms with Gasteiger partial charge in [-0.15, -0.1) is 0 Å². The third kappa shape index (κ3) is 2.91. The van der Waals surface area contributed by atoms with E-state index in [2.05, 4.69) is 64.6 Å². The Morgan fingerprint density at radius 2 is 1.74 bits per heavy atom. The Hall–Kier alpha value is -3.93. The van der Waals surface area contributed by atoms with Crippen molar-refractivity contribution >= 4 is 17.4 Å². The molecule has 0 radical (unpaired) electrons. The predicted octanol–water partition coefficient (Wildman–Crippen LogP) is 5.30. The minimum absolute atomic E-state index is 0.0617. The zero-order valence-corrected chi connectivity index (χ0v) is 18.7. The number of fused-ring (bicyclic) bond motifs is 6. The Labute approximate surface area is 197 Å². The summed E-state index contributed by atoms with van der Waals surface area (Å²) in [7, 11) is 0. The van der Waals surface area contributed by atoms with Crippen LogP contribution in [0.15, 0.2) is 79.3 Å². The Bertz CT molecular complexity index is 1410. The van der Waals surface area contributed by atoms with Gasteiger partial charge in [0.1, 0.15) is 6.61 Å². The standard InChI is InChI=1S/C28H24N4O2/c33-28(34-17-25-23-8-3-1-6-21(23)22-7-2-4-9-24(22)25)32-19-10-11-20(32)15-18(14-19)26-16-30-27-29-12-5-13-31(26)27/h1-9,12-14,16,19-20,25H,10-11,15,17H2. The molecule has 2 aromatic carbocycles. The summed E-state index contributed by atoms with van der Waals surface area (Å²) in [6.45, 7) is 0.359. The number of aromatic nitrogens is 3. The van der Waals surface area contributed by atoms with Gasteiger partial charge in [-0.3, -0.25) is 9.30 Å². The second-order valence-electron chi connectivity index (χ2n) is 9.34. The maximum atomic E-state index is 13.3. The number of nitrogens with zero attached hydrogens (tertiary/aromatic N) is 4. The van der Waals surface area contributed by atoms with Crippen LogP contribution in [0.5, 0.6) is 0 Å². The number of hydrogen-bond acceptors (Lipinski definition) is 4. The van der Waals surface area contributed by atoms with Gasteiger partial charge in [0, 0.05) is 24.4 Å². The molecule has 1 amide bonds. The van der Waals surface area contributed by atoms with Gasteiger partial charge in [0.15, 0.2) is 0 Å². The molecule has 2 atom stereocenters. The smallest absolute Gasteiger partial charge is 0.410 e. The van der Waals surface area contributed by atoms with E-state index in [4.69, 9.17) is 4.74 Å². The second-order valence-corrected chi connectivity index (χ2v) is 9.34. The fourth-order valence-corrected chi connectivity index (χ4v) is 6.04. The molecule has 7 rings (SSSR count). The molecule has 0 spiro atoms. The Kier molecular flexibility index (Phi) is 4.34. The van der Waals surface area contributed by atoms with Gasteiger partial charge in [0.2, 0.25) is 5.78 Å². The van der Waals surface area contributed by atoms with Crippen LogP contribution in [0.1, 0.15) is 42.0 Å². The minimum Gasteiger partial charge on any atom is -0.448 e. The summed E-state index contributed by atoms with van der Waals surface area (Å²) >= 11 is 0. The molecule has 0 saturated carbocycles. The first kappa shape index (κ1) is 19.5. The van der Waals surface area contributed by atoms with E-state index in [0.29, 0.717) is 12.4 Å². The van der Waals surface area contributed by atoms with E-state index in [-0.39, 0.29) is 24.1 Å². The fraction of sp³-hybridized carbons (Fsp3) is 0.250.